The quantitative estimate of drug-likeness (QED) is 0.184. The van der Waals surface area contributed by atoms with E-state index in [4.69, 9.17) is 0 Å². The number of fused-ring (bicyclic) bond motifs is 7. The molecule has 6 rings (SSSR count). The Kier molecular flexibility index (Phi) is 4.90. The fourth-order valence-electron chi connectivity index (χ4n) is 5.68. The third-order valence-electron chi connectivity index (χ3n) is 7.64. The van der Waals surface area contributed by atoms with Crippen molar-refractivity contribution in [1.82, 2.24) is 9.13 Å². The standard InChI is InChI=1S/C31H32N2/c1-4-5-6-7-8-9-25-18-24-17-22-11-13-26-27(29(22)20-31(24)33(25)3)12-10-21-16-23-14-15-32(2)30(23)19-28(21)26/h10-20H,4-9H2,1-3H3. The highest BCUT2D eigenvalue weighted by Gasteiger charge is 2.11. The Balaban J connectivity index is 1.49. The Morgan fingerprint density at radius 2 is 1.24 bits per heavy atom. The Bertz CT molecular complexity index is 1640. The van der Waals surface area contributed by atoms with Gasteiger partial charge >= 0.3 is 0 Å². The molecule has 0 spiro atoms. The molecule has 0 saturated heterocycles. The summed E-state index contributed by atoms with van der Waals surface area (Å²) in [6.45, 7) is 2.28. The first-order chi connectivity index (χ1) is 16.1. The molecule has 33 heavy (non-hydrogen) atoms. The lowest BCUT2D eigenvalue weighted by atomic mass is 9.95. The van der Waals surface area contributed by atoms with Crippen molar-refractivity contribution in [3.63, 3.8) is 0 Å². The topological polar surface area (TPSA) is 9.86 Å². The van der Waals surface area contributed by atoms with Gasteiger partial charge in [0.15, 0.2) is 0 Å². The number of nitrogens with zero attached hydrogens (tertiary/aromatic N) is 2. The highest BCUT2D eigenvalue weighted by molar-refractivity contribution is 6.20. The summed E-state index contributed by atoms with van der Waals surface area (Å²) in [5, 5.41) is 10.7. The zero-order chi connectivity index (χ0) is 22.5. The van der Waals surface area contributed by atoms with Gasteiger partial charge in [0.05, 0.1) is 0 Å². The third-order valence-corrected chi connectivity index (χ3v) is 7.64. The molecule has 0 aliphatic rings. The zero-order valence-electron chi connectivity index (χ0n) is 20.0. The van der Waals surface area contributed by atoms with Crippen LogP contribution in [0.5, 0.6) is 0 Å². The Morgan fingerprint density at radius 3 is 1.97 bits per heavy atom. The van der Waals surface area contributed by atoms with Crippen LogP contribution in [0.4, 0.5) is 0 Å². The van der Waals surface area contributed by atoms with Crippen LogP contribution in [0.2, 0.25) is 0 Å². The van der Waals surface area contributed by atoms with E-state index >= 15 is 0 Å². The average molecular weight is 433 g/mol. The van der Waals surface area contributed by atoms with Gasteiger partial charge in [-0.3, -0.25) is 0 Å². The maximum atomic E-state index is 2.42. The van der Waals surface area contributed by atoms with Gasteiger partial charge in [0.2, 0.25) is 0 Å². The van der Waals surface area contributed by atoms with Gasteiger partial charge in [0.1, 0.15) is 0 Å². The zero-order valence-corrected chi connectivity index (χ0v) is 20.0. The van der Waals surface area contributed by atoms with Gasteiger partial charge < -0.3 is 9.13 Å². The molecule has 0 radical (unpaired) electrons. The second-order valence-electron chi connectivity index (χ2n) is 9.78. The van der Waals surface area contributed by atoms with E-state index in [0.717, 1.165) is 0 Å². The lowest BCUT2D eigenvalue weighted by Crippen LogP contribution is -1.96. The van der Waals surface area contributed by atoms with Crippen LogP contribution >= 0.6 is 0 Å². The number of hydrogen-bond donors (Lipinski definition) is 0. The molecule has 2 heteroatoms. The summed E-state index contributed by atoms with van der Waals surface area (Å²) in [6, 6.07) is 23.3. The maximum Gasteiger partial charge on any atom is 0.0486 e. The van der Waals surface area contributed by atoms with Crippen molar-refractivity contribution in [3.05, 3.63) is 72.6 Å². The van der Waals surface area contributed by atoms with Crippen molar-refractivity contribution in [2.45, 2.75) is 45.4 Å². The summed E-state index contributed by atoms with van der Waals surface area (Å²) < 4.78 is 4.63. The summed E-state index contributed by atoms with van der Waals surface area (Å²) in [6.07, 6.45) is 9.96. The molecule has 0 unspecified atom stereocenters. The van der Waals surface area contributed by atoms with Crippen LogP contribution in [0.3, 0.4) is 0 Å². The van der Waals surface area contributed by atoms with E-state index < -0.39 is 0 Å². The molecule has 0 atom stereocenters. The van der Waals surface area contributed by atoms with Gasteiger partial charge in [-0.2, -0.15) is 0 Å². The molecule has 6 aromatic rings. The Hall–Kier alpha value is -3.26. The van der Waals surface area contributed by atoms with Crippen molar-refractivity contribution in [2.24, 2.45) is 14.1 Å². The molecule has 0 amide bonds. The Morgan fingerprint density at radius 1 is 0.576 bits per heavy atom. The molecule has 0 N–H and O–H groups in total. The van der Waals surface area contributed by atoms with Gasteiger partial charge in [-0.25, -0.2) is 0 Å². The Labute approximate surface area is 195 Å². The number of benzene rings is 4. The van der Waals surface area contributed by atoms with E-state index in [2.05, 4.69) is 97.0 Å². The first-order valence-electron chi connectivity index (χ1n) is 12.5. The molecule has 2 heterocycles. The minimum Gasteiger partial charge on any atom is -0.351 e. The molecule has 2 nitrogen and oxygen atoms in total. The van der Waals surface area contributed by atoms with Gasteiger partial charge in [0, 0.05) is 47.8 Å². The minimum atomic E-state index is 1.17. The fourth-order valence-corrected chi connectivity index (χ4v) is 5.68. The van der Waals surface area contributed by atoms with Gasteiger partial charge in [-0.1, -0.05) is 56.9 Å². The molecular formula is C31H32N2. The molecule has 4 aromatic carbocycles. The normalized spacial score (nSPS) is 12.2. The monoisotopic (exact) mass is 432 g/mol. The number of aryl methyl sites for hydroxylation is 3. The van der Waals surface area contributed by atoms with Crippen LogP contribution in [-0.2, 0) is 20.5 Å². The van der Waals surface area contributed by atoms with Crippen molar-refractivity contribution in [3.8, 4) is 0 Å². The van der Waals surface area contributed by atoms with Crippen molar-refractivity contribution >= 4 is 54.1 Å². The minimum absolute atomic E-state index is 1.17. The van der Waals surface area contributed by atoms with Crippen LogP contribution in [0, 0.1) is 0 Å². The summed E-state index contributed by atoms with van der Waals surface area (Å²) in [7, 11) is 4.37. The van der Waals surface area contributed by atoms with Crippen LogP contribution in [0.25, 0.3) is 54.1 Å². The molecule has 0 aliphatic carbocycles. The summed E-state index contributed by atoms with van der Waals surface area (Å²) >= 11 is 0. The first-order valence-corrected chi connectivity index (χ1v) is 12.5. The molecule has 0 saturated carbocycles. The predicted octanol–water partition coefficient (Wildman–Crippen LogP) is 8.64. The van der Waals surface area contributed by atoms with E-state index in [-0.39, 0.29) is 0 Å². The van der Waals surface area contributed by atoms with Crippen molar-refractivity contribution < 1.29 is 0 Å². The fraction of sp³-hybridized carbons (Fsp3) is 0.290. The first kappa shape index (κ1) is 20.4. The van der Waals surface area contributed by atoms with Crippen LogP contribution in [0.15, 0.2) is 66.9 Å². The summed E-state index contributed by atoms with van der Waals surface area (Å²) in [4.78, 5) is 0. The van der Waals surface area contributed by atoms with Gasteiger partial charge in [-0.05, 0) is 81.6 Å². The maximum absolute atomic E-state index is 2.42. The average Bonchev–Trinajstić information content (AvgIpc) is 3.34. The van der Waals surface area contributed by atoms with E-state index in [1.54, 1.807) is 0 Å². The van der Waals surface area contributed by atoms with E-state index in [1.807, 2.05) is 0 Å². The smallest absolute Gasteiger partial charge is 0.0486 e. The number of rotatable bonds is 6. The van der Waals surface area contributed by atoms with Crippen molar-refractivity contribution in [1.29, 1.82) is 0 Å². The van der Waals surface area contributed by atoms with E-state index in [1.165, 1.54) is 98.3 Å². The second-order valence-corrected chi connectivity index (χ2v) is 9.78. The molecule has 2 aromatic heterocycles. The highest BCUT2D eigenvalue weighted by atomic mass is 14.9. The molecule has 0 aliphatic heterocycles. The SMILES string of the molecule is CCCCCCCc1cc2cc3ccc4c5cc6c(ccn6C)cc5ccc4c3cc2n1C. The number of unbranched alkanes of at least 4 members (excludes halogenated alkanes) is 4. The van der Waals surface area contributed by atoms with Crippen molar-refractivity contribution in [2.75, 3.05) is 0 Å². The third kappa shape index (κ3) is 3.31. The van der Waals surface area contributed by atoms with Crippen LogP contribution in [0.1, 0.15) is 44.7 Å². The largest absolute Gasteiger partial charge is 0.351 e. The lowest BCUT2D eigenvalue weighted by Gasteiger charge is -2.10. The van der Waals surface area contributed by atoms with Gasteiger partial charge in [-0.15, -0.1) is 0 Å². The van der Waals surface area contributed by atoms with Crippen LogP contribution < -0.4 is 0 Å². The molecule has 166 valence electrons. The molecular weight excluding hydrogens is 400 g/mol. The van der Waals surface area contributed by atoms with Crippen LogP contribution in [-0.4, -0.2) is 9.13 Å². The van der Waals surface area contributed by atoms with Gasteiger partial charge in [0.25, 0.3) is 0 Å². The predicted molar refractivity (Wildman–Crippen MR) is 144 cm³/mol. The highest BCUT2D eigenvalue weighted by Crippen LogP contribution is 2.36. The lowest BCUT2D eigenvalue weighted by molar-refractivity contribution is 0.622. The summed E-state index contributed by atoms with van der Waals surface area (Å²) in [5.41, 5.74) is 4.09. The van der Waals surface area contributed by atoms with E-state index in [9.17, 15) is 0 Å². The van der Waals surface area contributed by atoms with E-state index in [0.29, 0.717) is 0 Å². The summed E-state index contributed by atoms with van der Waals surface area (Å²) in [5.74, 6) is 0. The molecule has 0 fully saturated rings. The second kappa shape index (κ2) is 7.95. The number of hydrogen-bond acceptors (Lipinski definition) is 0. The molecule has 0 bridgehead atoms. The number of aromatic nitrogens is 2.